The zero-order chi connectivity index (χ0) is 21.5. The molecule has 0 radical (unpaired) electrons. The molecule has 3 aromatic carbocycles. The first-order chi connectivity index (χ1) is 15.0. The fourth-order valence-corrected chi connectivity index (χ4v) is 5.05. The maximum atomic E-state index is 13.5. The number of Topliss-reactive ketones (excluding diaryl/α,β-unsaturated/α-hetero) is 1. The van der Waals surface area contributed by atoms with E-state index in [1.165, 1.54) is 11.1 Å². The average molecular weight is 449 g/mol. The van der Waals surface area contributed by atoms with Crippen LogP contribution < -0.4 is 10.6 Å². The Labute approximate surface area is 192 Å². The predicted molar refractivity (Wildman–Crippen MR) is 128 cm³/mol. The number of anilines is 2. The van der Waals surface area contributed by atoms with Gasteiger partial charge in [-0.15, -0.1) is 0 Å². The summed E-state index contributed by atoms with van der Waals surface area (Å²) in [7, 11) is 0. The molecule has 0 saturated carbocycles. The molecule has 0 fully saturated rings. The van der Waals surface area contributed by atoms with Gasteiger partial charge in [-0.25, -0.2) is 0 Å². The molecular formula is C26H22Cl2N2O. The van der Waals surface area contributed by atoms with Gasteiger partial charge in [-0.1, -0.05) is 71.2 Å². The molecule has 2 unspecified atom stereocenters. The fourth-order valence-electron chi connectivity index (χ4n) is 4.54. The molecule has 5 heteroatoms. The highest BCUT2D eigenvalue weighted by molar-refractivity contribution is 6.35. The molecule has 2 atom stereocenters. The van der Waals surface area contributed by atoms with Crippen molar-refractivity contribution in [2.24, 2.45) is 0 Å². The average Bonchev–Trinajstić information content (AvgIpc) is 2.91. The number of halogens is 2. The van der Waals surface area contributed by atoms with Gasteiger partial charge >= 0.3 is 0 Å². The fraction of sp³-hybridized carbons (Fsp3) is 0.192. The van der Waals surface area contributed by atoms with E-state index >= 15 is 0 Å². The third-order valence-electron chi connectivity index (χ3n) is 6.13. The largest absolute Gasteiger partial charge is 0.372 e. The van der Waals surface area contributed by atoms with Crippen LogP contribution in [0.1, 0.15) is 41.5 Å². The molecule has 0 amide bonds. The standard InChI is InChI=1S/C26H22Cl2N2O/c1-15-6-8-16(9-7-15)17-12-23-25(24(31)13-17)26(19-11-10-18(27)14-20(19)28)30-22-5-3-2-4-21(22)29-23/h2-11,14,17,26,29-30H,12-13H2,1H3. The highest BCUT2D eigenvalue weighted by Crippen LogP contribution is 2.45. The summed E-state index contributed by atoms with van der Waals surface area (Å²) in [6, 6.07) is 21.6. The maximum absolute atomic E-state index is 13.5. The summed E-state index contributed by atoms with van der Waals surface area (Å²) in [6.45, 7) is 2.08. The first-order valence-electron chi connectivity index (χ1n) is 10.4. The molecule has 1 aliphatic heterocycles. The minimum absolute atomic E-state index is 0.135. The van der Waals surface area contributed by atoms with Gasteiger partial charge in [0.15, 0.2) is 5.78 Å². The Morgan fingerprint density at radius 2 is 1.65 bits per heavy atom. The van der Waals surface area contributed by atoms with E-state index in [4.69, 9.17) is 23.2 Å². The molecule has 31 heavy (non-hydrogen) atoms. The minimum Gasteiger partial charge on any atom is -0.372 e. The van der Waals surface area contributed by atoms with Gasteiger partial charge in [0.2, 0.25) is 0 Å². The monoisotopic (exact) mass is 448 g/mol. The van der Waals surface area contributed by atoms with Crippen LogP contribution in [-0.2, 0) is 4.79 Å². The van der Waals surface area contributed by atoms with Crippen LogP contribution in [0, 0.1) is 6.92 Å². The summed E-state index contributed by atoms with van der Waals surface area (Å²) in [5.41, 5.74) is 6.86. The molecule has 0 spiro atoms. The van der Waals surface area contributed by atoms with Crippen molar-refractivity contribution in [1.82, 2.24) is 0 Å². The first-order valence-corrected chi connectivity index (χ1v) is 11.2. The molecule has 0 bridgehead atoms. The van der Waals surface area contributed by atoms with Crippen molar-refractivity contribution in [3.05, 3.63) is 105 Å². The summed E-state index contributed by atoms with van der Waals surface area (Å²) in [4.78, 5) is 13.5. The topological polar surface area (TPSA) is 41.1 Å². The number of rotatable bonds is 2. The molecule has 3 nitrogen and oxygen atoms in total. The number of carbonyl (C=O) groups excluding carboxylic acids is 1. The van der Waals surface area contributed by atoms with Crippen LogP contribution in [0.5, 0.6) is 0 Å². The van der Waals surface area contributed by atoms with E-state index in [1.807, 2.05) is 36.4 Å². The van der Waals surface area contributed by atoms with Crippen LogP contribution in [0.4, 0.5) is 11.4 Å². The molecular weight excluding hydrogens is 427 g/mol. The number of nitrogens with one attached hydrogen (secondary N) is 2. The number of carbonyl (C=O) groups is 1. The van der Waals surface area contributed by atoms with E-state index in [0.717, 1.165) is 34.6 Å². The van der Waals surface area contributed by atoms with Gasteiger partial charge < -0.3 is 10.6 Å². The van der Waals surface area contributed by atoms with Crippen LogP contribution in [0.3, 0.4) is 0 Å². The van der Waals surface area contributed by atoms with Gasteiger partial charge in [0.25, 0.3) is 0 Å². The predicted octanol–water partition coefficient (Wildman–Crippen LogP) is 7.28. The van der Waals surface area contributed by atoms with Crippen LogP contribution in [0.15, 0.2) is 78.0 Å². The Kier molecular flexibility index (Phi) is 5.25. The van der Waals surface area contributed by atoms with Crippen molar-refractivity contribution in [3.63, 3.8) is 0 Å². The summed E-state index contributed by atoms with van der Waals surface area (Å²) in [5.74, 6) is 0.279. The number of ketones is 1. The number of allylic oxidation sites excluding steroid dienone is 1. The normalized spacial score (nSPS) is 20.3. The molecule has 1 aliphatic carbocycles. The van der Waals surface area contributed by atoms with Crippen molar-refractivity contribution < 1.29 is 4.79 Å². The Balaban J connectivity index is 1.62. The quantitative estimate of drug-likeness (QED) is 0.432. The smallest absolute Gasteiger partial charge is 0.163 e. The van der Waals surface area contributed by atoms with Crippen LogP contribution in [0.2, 0.25) is 10.0 Å². The Morgan fingerprint density at radius 3 is 2.39 bits per heavy atom. The van der Waals surface area contributed by atoms with Crippen molar-refractivity contribution in [2.75, 3.05) is 10.6 Å². The zero-order valence-electron chi connectivity index (χ0n) is 17.1. The number of para-hydroxylation sites is 2. The zero-order valence-corrected chi connectivity index (χ0v) is 18.6. The third kappa shape index (κ3) is 3.84. The molecule has 0 saturated heterocycles. The molecule has 2 N–H and O–H groups in total. The third-order valence-corrected chi connectivity index (χ3v) is 6.69. The number of aryl methyl sites for hydroxylation is 1. The van der Waals surface area contributed by atoms with E-state index in [0.29, 0.717) is 16.5 Å². The van der Waals surface area contributed by atoms with E-state index < -0.39 is 0 Å². The lowest BCUT2D eigenvalue weighted by Gasteiger charge is -2.30. The summed E-state index contributed by atoms with van der Waals surface area (Å²) < 4.78 is 0. The Bertz CT molecular complexity index is 1200. The second-order valence-electron chi connectivity index (χ2n) is 8.25. The summed E-state index contributed by atoms with van der Waals surface area (Å²) >= 11 is 12.7. The lowest BCUT2D eigenvalue weighted by Crippen LogP contribution is -2.27. The molecule has 0 aromatic heterocycles. The van der Waals surface area contributed by atoms with E-state index in [1.54, 1.807) is 6.07 Å². The van der Waals surface area contributed by atoms with Crippen LogP contribution in [0.25, 0.3) is 0 Å². The lowest BCUT2D eigenvalue weighted by molar-refractivity contribution is -0.116. The van der Waals surface area contributed by atoms with Crippen LogP contribution in [-0.4, -0.2) is 5.78 Å². The Morgan fingerprint density at radius 1 is 0.903 bits per heavy atom. The summed E-state index contributed by atoms with van der Waals surface area (Å²) in [6.07, 6.45) is 1.24. The lowest BCUT2D eigenvalue weighted by atomic mass is 9.78. The van der Waals surface area contributed by atoms with Gasteiger partial charge in [0, 0.05) is 27.7 Å². The number of hydrogen-bond acceptors (Lipinski definition) is 3. The summed E-state index contributed by atoms with van der Waals surface area (Å²) in [5, 5.41) is 8.24. The highest BCUT2D eigenvalue weighted by Gasteiger charge is 2.36. The minimum atomic E-state index is -0.345. The second kappa shape index (κ2) is 8.07. The number of hydrogen-bond donors (Lipinski definition) is 2. The first kappa shape index (κ1) is 20.2. The number of fused-ring (bicyclic) bond motifs is 1. The van der Waals surface area contributed by atoms with Crippen LogP contribution >= 0.6 is 23.2 Å². The van der Waals surface area contributed by atoms with Crippen molar-refractivity contribution in [1.29, 1.82) is 0 Å². The molecule has 156 valence electrons. The van der Waals surface area contributed by atoms with Crippen molar-refractivity contribution in [3.8, 4) is 0 Å². The van der Waals surface area contributed by atoms with Gasteiger partial charge in [0.05, 0.1) is 17.4 Å². The van der Waals surface area contributed by atoms with E-state index in [9.17, 15) is 4.79 Å². The molecule has 3 aromatic rings. The Hall–Kier alpha value is -2.75. The van der Waals surface area contributed by atoms with E-state index in [-0.39, 0.29) is 17.7 Å². The second-order valence-corrected chi connectivity index (χ2v) is 9.09. The van der Waals surface area contributed by atoms with Gasteiger partial charge in [-0.3, -0.25) is 4.79 Å². The van der Waals surface area contributed by atoms with E-state index in [2.05, 4.69) is 41.8 Å². The van der Waals surface area contributed by atoms with Crippen molar-refractivity contribution >= 4 is 40.4 Å². The van der Waals surface area contributed by atoms with Gasteiger partial charge in [0.1, 0.15) is 0 Å². The van der Waals surface area contributed by atoms with Crippen molar-refractivity contribution in [2.45, 2.75) is 31.7 Å². The molecule has 5 rings (SSSR count). The molecule has 1 heterocycles. The van der Waals surface area contributed by atoms with Gasteiger partial charge in [-0.05, 0) is 54.7 Å². The highest BCUT2D eigenvalue weighted by atomic mass is 35.5. The SMILES string of the molecule is Cc1ccc(C2CC(=O)C3=C(C2)Nc2ccccc2NC3c2ccc(Cl)cc2Cl)cc1. The molecule has 2 aliphatic rings. The number of benzene rings is 3. The van der Waals surface area contributed by atoms with Gasteiger partial charge in [-0.2, -0.15) is 0 Å². The maximum Gasteiger partial charge on any atom is 0.163 e.